The Hall–Kier alpha value is -1.90. The van der Waals surface area contributed by atoms with Crippen LogP contribution in [0.25, 0.3) is 10.2 Å². The third kappa shape index (κ3) is 3.88. The standard InChI is InChI=1S/C18H16F3N3OS.ClH/c19-18(20,21)13-4-2-1-3-12(13)11-23-7-5-15-22-14-6-10-26-16(14)17(25)24(15)9-8-23;/h1-4,6,10H,5,7-9,11H2;1H. The van der Waals surface area contributed by atoms with Crippen LogP contribution < -0.4 is 5.56 Å². The first-order chi connectivity index (χ1) is 12.4. The largest absolute Gasteiger partial charge is 0.416 e. The molecule has 0 radical (unpaired) electrons. The molecule has 1 aliphatic rings. The molecule has 0 fully saturated rings. The normalized spacial score (nSPS) is 15.2. The molecular formula is C18H17ClF3N3OS. The number of benzene rings is 1. The van der Waals surface area contributed by atoms with Crippen LogP contribution in [0.1, 0.15) is 17.0 Å². The molecule has 4 rings (SSSR count). The van der Waals surface area contributed by atoms with Crippen molar-refractivity contribution in [3.63, 3.8) is 0 Å². The topological polar surface area (TPSA) is 38.1 Å². The van der Waals surface area contributed by atoms with E-state index in [0.29, 0.717) is 42.1 Å². The maximum absolute atomic E-state index is 13.2. The van der Waals surface area contributed by atoms with Gasteiger partial charge in [0.1, 0.15) is 10.5 Å². The van der Waals surface area contributed by atoms with Crippen molar-refractivity contribution in [1.82, 2.24) is 14.5 Å². The maximum atomic E-state index is 13.2. The number of halogens is 4. The minimum Gasteiger partial charge on any atom is -0.297 e. The summed E-state index contributed by atoms with van der Waals surface area (Å²) in [5.74, 6) is 0.701. The highest BCUT2D eigenvalue weighted by molar-refractivity contribution is 7.17. The fourth-order valence-electron chi connectivity index (χ4n) is 3.36. The van der Waals surface area contributed by atoms with E-state index in [-0.39, 0.29) is 30.1 Å². The Morgan fingerprint density at radius 1 is 1.11 bits per heavy atom. The number of nitrogens with zero attached hydrogens (tertiary/aromatic N) is 3. The molecule has 1 aliphatic heterocycles. The maximum Gasteiger partial charge on any atom is 0.416 e. The molecule has 3 aromatic rings. The summed E-state index contributed by atoms with van der Waals surface area (Å²) in [5.41, 5.74) is 0.296. The van der Waals surface area contributed by atoms with Crippen molar-refractivity contribution in [2.45, 2.75) is 25.7 Å². The Morgan fingerprint density at radius 3 is 2.67 bits per heavy atom. The summed E-state index contributed by atoms with van der Waals surface area (Å²) in [5, 5.41) is 1.85. The fourth-order valence-corrected chi connectivity index (χ4v) is 4.13. The highest BCUT2D eigenvalue weighted by Crippen LogP contribution is 2.32. The molecular weight excluding hydrogens is 399 g/mol. The number of thiophene rings is 1. The first-order valence-corrected chi connectivity index (χ1v) is 9.16. The minimum absolute atomic E-state index is 0. The van der Waals surface area contributed by atoms with Crippen LogP contribution in [0.5, 0.6) is 0 Å². The molecule has 0 atom stereocenters. The summed E-state index contributed by atoms with van der Waals surface area (Å²) in [7, 11) is 0. The highest BCUT2D eigenvalue weighted by Gasteiger charge is 2.33. The van der Waals surface area contributed by atoms with Gasteiger partial charge in [-0.3, -0.25) is 14.3 Å². The van der Waals surface area contributed by atoms with Crippen LogP contribution in [-0.2, 0) is 25.7 Å². The van der Waals surface area contributed by atoms with Gasteiger partial charge in [0.05, 0.1) is 11.1 Å². The van der Waals surface area contributed by atoms with Gasteiger partial charge >= 0.3 is 6.18 Å². The van der Waals surface area contributed by atoms with Gasteiger partial charge in [-0.25, -0.2) is 4.98 Å². The van der Waals surface area contributed by atoms with Gasteiger partial charge in [-0.1, -0.05) is 18.2 Å². The summed E-state index contributed by atoms with van der Waals surface area (Å²) in [6, 6.07) is 7.48. The number of hydrogen-bond acceptors (Lipinski definition) is 4. The molecule has 144 valence electrons. The smallest absolute Gasteiger partial charge is 0.297 e. The molecule has 4 nitrogen and oxygen atoms in total. The van der Waals surface area contributed by atoms with Gasteiger partial charge in [0, 0.05) is 32.6 Å². The third-order valence-corrected chi connectivity index (χ3v) is 5.54. The molecule has 0 amide bonds. The molecule has 27 heavy (non-hydrogen) atoms. The van der Waals surface area contributed by atoms with Crippen LogP contribution in [0.4, 0.5) is 13.2 Å². The number of aromatic nitrogens is 2. The Kier molecular flexibility index (Phi) is 5.60. The molecule has 0 saturated carbocycles. The second-order valence-electron chi connectivity index (χ2n) is 6.30. The third-order valence-electron chi connectivity index (χ3n) is 4.65. The molecule has 0 bridgehead atoms. The molecule has 3 heterocycles. The van der Waals surface area contributed by atoms with Gasteiger partial charge in [0.25, 0.3) is 5.56 Å². The second kappa shape index (κ2) is 7.61. The average molecular weight is 416 g/mol. The lowest BCUT2D eigenvalue weighted by Gasteiger charge is -2.21. The van der Waals surface area contributed by atoms with E-state index in [1.165, 1.54) is 23.5 Å². The van der Waals surface area contributed by atoms with Gasteiger partial charge in [-0.2, -0.15) is 13.2 Å². The predicted octanol–water partition coefficient (Wildman–Crippen LogP) is 3.96. The molecule has 0 unspecified atom stereocenters. The molecule has 0 N–H and O–H groups in total. The Balaban J connectivity index is 0.00000210. The van der Waals surface area contributed by atoms with Crippen LogP contribution in [0.2, 0.25) is 0 Å². The van der Waals surface area contributed by atoms with Crippen molar-refractivity contribution in [2.75, 3.05) is 13.1 Å². The average Bonchev–Trinajstić information content (AvgIpc) is 2.98. The van der Waals surface area contributed by atoms with Gasteiger partial charge < -0.3 is 0 Å². The van der Waals surface area contributed by atoms with Crippen molar-refractivity contribution in [2.24, 2.45) is 0 Å². The van der Waals surface area contributed by atoms with E-state index in [1.807, 2.05) is 16.3 Å². The lowest BCUT2D eigenvalue weighted by Crippen LogP contribution is -2.29. The van der Waals surface area contributed by atoms with Crippen LogP contribution in [0, 0.1) is 0 Å². The van der Waals surface area contributed by atoms with Crippen LogP contribution in [-0.4, -0.2) is 27.5 Å². The van der Waals surface area contributed by atoms with E-state index in [0.717, 1.165) is 6.07 Å². The summed E-state index contributed by atoms with van der Waals surface area (Å²) in [6.45, 7) is 1.71. The van der Waals surface area contributed by atoms with Crippen molar-refractivity contribution in [3.05, 3.63) is 63.0 Å². The predicted molar refractivity (Wildman–Crippen MR) is 102 cm³/mol. The van der Waals surface area contributed by atoms with Gasteiger partial charge in [0.15, 0.2) is 0 Å². The lowest BCUT2D eigenvalue weighted by atomic mass is 10.1. The SMILES string of the molecule is Cl.O=c1c2sccc2nc2n1CCN(Cc1ccccc1C(F)(F)F)CC2. The fraction of sp³-hybridized carbons (Fsp3) is 0.333. The van der Waals surface area contributed by atoms with Crippen molar-refractivity contribution in [1.29, 1.82) is 0 Å². The van der Waals surface area contributed by atoms with Crippen LogP contribution in [0.3, 0.4) is 0 Å². The summed E-state index contributed by atoms with van der Waals surface area (Å²) in [4.78, 5) is 19.1. The number of alkyl halides is 3. The van der Waals surface area contributed by atoms with Gasteiger partial charge in [-0.15, -0.1) is 23.7 Å². The van der Waals surface area contributed by atoms with E-state index in [4.69, 9.17) is 0 Å². The summed E-state index contributed by atoms with van der Waals surface area (Å²) < 4.78 is 41.9. The molecule has 0 aliphatic carbocycles. The van der Waals surface area contributed by atoms with Gasteiger partial charge in [-0.05, 0) is 23.1 Å². The van der Waals surface area contributed by atoms with Crippen molar-refractivity contribution >= 4 is 34.0 Å². The van der Waals surface area contributed by atoms with E-state index >= 15 is 0 Å². The van der Waals surface area contributed by atoms with Gasteiger partial charge in [0.2, 0.25) is 0 Å². The Bertz CT molecular complexity index is 1010. The highest BCUT2D eigenvalue weighted by atomic mass is 35.5. The van der Waals surface area contributed by atoms with E-state index < -0.39 is 11.7 Å². The van der Waals surface area contributed by atoms with E-state index in [9.17, 15) is 18.0 Å². The monoisotopic (exact) mass is 415 g/mol. The van der Waals surface area contributed by atoms with E-state index in [2.05, 4.69) is 4.98 Å². The Labute approximate surface area is 163 Å². The quantitative estimate of drug-likeness (QED) is 0.636. The number of rotatable bonds is 2. The van der Waals surface area contributed by atoms with Crippen LogP contribution in [0.15, 0.2) is 40.5 Å². The molecule has 0 spiro atoms. The lowest BCUT2D eigenvalue weighted by molar-refractivity contribution is -0.138. The zero-order valence-corrected chi connectivity index (χ0v) is 15.8. The first kappa shape index (κ1) is 19.9. The zero-order chi connectivity index (χ0) is 18.3. The zero-order valence-electron chi connectivity index (χ0n) is 14.2. The van der Waals surface area contributed by atoms with Crippen molar-refractivity contribution in [3.8, 4) is 0 Å². The molecule has 2 aromatic heterocycles. The molecule has 1 aromatic carbocycles. The molecule has 9 heteroatoms. The Morgan fingerprint density at radius 2 is 1.89 bits per heavy atom. The first-order valence-electron chi connectivity index (χ1n) is 8.28. The van der Waals surface area contributed by atoms with E-state index in [1.54, 1.807) is 10.6 Å². The summed E-state index contributed by atoms with van der Waals surface area (Å²) >= 11 is 1.37. The summed E-state index contributed by atoms with van der Waals surface area (Å²) in [6.07, 6.45) is -3.83. The van der Waals surface area contributed by atoms with Crippen LogP contribution >= 0.6 is 23.7 Å². The minimum atomic E-state index is -4.37. The van der Waals surface area contributed by atoms with Crippen molar-refractivity contribution < 1.29 is 13.2 Å². The number of hydrogen-bond donors (Lipinski definition) is 0. The number of fused-ring (bicyclic) bond motifs is 2. The second-order valence-corrected chi connectivity index (χ2v) is 7.22. The molecule has 0 saturated heterocycles.